The summed E-state index contributed by atoms with van der Waals surface area (Å²) in [7, 11) is 1.57. The molecule has 0 aliphatic heterocycles. The van der Waals surface area contributed by atoms with Gasteiger partial charge in [0.15, 0.2) is 5.82 Å². The van der Waals surface area contributed by atoms with Crippen molar-refractivity contribution < 1.29 is 13.2 Å². The highest BCUT2D eigenvalue weighted by Gasteiger charge is 2.35. The fourth-order valence-electron chi connectivity index (χ4n) is 1.92. The zero-order valence-electron chi connectivity index (χ0n) is 10.9. The van der Waals surface area contributed by atoms with Crippen molar-refractivity contribution in [1.82, 2.24) is 25.6 Å². The van der Waals surface area contributed by atoms with Crippen LogP contribution in [0.4, 0.5) is 13.2 Å². The maximum atomic E-state index is 13.1. The molecule has 0 saturated carbocycles. The molecule has 21 heavy (non-hydrogen) atoms. The van der Waals surface area contributed by atoms with Crippen LogP contribution in [0, 0.1) is 0 Å². The molecule has 0 amide bonds. The lowest BCUT2D eigenvalue weighted by molar-refractivity contribution is -0.138. The quantitative estimate of drug-likeness (QED) is 0.637. The molecule has 1 atom stereocenters. The van der Waals surface area contributed by atoms with Crippen molar-refractivity contribution in [2.45, 2.75) is 18.6 Å². The first kappa shape index (κ1) is 15.9. The van der Waals surface area contributed by atoms with E-state index in [1.807, 2.05) is 0 Å². The first-order chi connectivity index (χ1) is 9.81. The predicted octanol–water partition coefficient (Wildman–Crippen LogP) is 1.74. The number of hydrazine groups is 1. The Bertz CT molecular complexity index is 627. The van der Waals surface area contributed by atoms with Crippen molar-refractivity contribution in [3.05, 3.63) is 39.6 Å². The summed E-state index contributed by atoms with van der Waals surface area (Å²) in [6.07, 6.45) is -4.39. The predicted molar refractivity (Wildman–Crippen MR) is 71.7 cm³/mol. The Balaban J connectivity index is 2.38. The molecule has 0 bridgehead atoms. The first-order valence-corrected chi connectivity index (χ1v) is 6.66. The van der Waals surface area contributed by atoms with Crippen molar-refractivity contribution in [3.63, 3.8) is 0 Å². The van der Waals surface area contributed by atoms with Gasteiger partial charge >= 0.3 is 6.18 Å². The number of benzene rings is 1. The van der Waals surface area contributed by atoms with Gasteiger partial charge in [0.25, 0.3) is 0 Å². The van der Waals surface area contributed by atoms with Crippen LogP contribution in [0.3, 0.4) is 0 Å². The minimum atomic E-state index is -4.48. The van der Waals surface area contributed by atoms with Crippen LogP contribution in [-0.2, 0) is 19.6 Å². The number of hydrogen-bond acceptors (Lipinski definition) is 5. The van der Waals surface area contributed by atoms with Crippen LogP contribution in [0.15, 0.2) is 22.7 Å². The first-order valence-electron chi connectivity index (χ1n) is 5.87. The number of halogens is 4. The van der Waals surface area contributed by atoms with Gasteiger partial charge in [0.05, 0.1) is 18.7 Å². The summed E-state index contributed by atoms with van der Waals surface area (Å²) in [6, 6.07) is 3.13. The Morgan fingerprint density at radius 3 is 2.67 bits per heavy atom. The van der Waals surface area contributed by atoms with Gasteiger partial charge in [-0.05, 0) is 22.9 Å². The average Bonchev–Trinajstić information content (AvgIpc) is 2.81. The van der Waals surface area contributed by atoms with Gasteiger partial charge in [0, 0.05) is 10.9 Å². The molecule has 6 nitrogen and oxygen atoms in total. The van der Waals surface area contributed by atoms with Gasteiger partial charge in [-0.25, -0.2) is 0 Å². The zero-order valence-corrected chi connectivity index (χ0v) is 12.5. The molecule has 0 fully saturated rings. The minimum absolute atomic E-state index is 0.0284. The van der Waals surface area contributed by atoms with E-state index in [4.69, 9.17) is 5.84 Å². The molecule has 0 spiro atoms. The number of nitrogens with two attached hydrogens (primary N) is 1. The highest BCUT2D eigenvalue weighted by Crippen LogP contribution is 2.36. The highest BCUT2D eigenvalue weighted by molar-refractivity contribution is 9.10. The van der Waals surface area contributed by atoms with E-state index in [1.165, 1.54) is 16.9 Å². The lowest BCUT2D eigenvalue weighted by atomic mass is 9.98. The zero-order chi connectivity index (χ0) is 15.6. The van der Waals surface area contributed by atoms with Crippen LogP contribution in [0.25, 0.3) is 0 Å². The van der Waals surface area contributed by atoms with Crippen molar-refractivity contribution in [2.24, 2.45) is 12.9 Å². The maximum Gasteiger partial charge on any atom is 0.416 e. The van der Waals surface area contributed by atoms with Gasteiger partial charge in [-0.15, -0.1) is 10.2 Å². The van der Waals surface area contributed by atoms with E-state index in [-0.39, 0.29) is 12.0 Å². The summed E-state index contributed by atoms with van der Waals surface area (Å²) in [5, 5.41) is 11.3. The van der Waals surface area contributed by atoms with Gasteiger partial charge in [0.1, 0.15) is 0 Å². The van der Waals surface area contributed by atoms with Crippen molar-refractivity contribution in [2.75, 3.05) is 0 Å². The SMILES string of the molecule is Cn1nnc(CC(NN)c2ccc(Br)cc2C(F)(F)F)n1. The van der Waals surface area contributed by atoms with E-state index >= 15 is 0 Å². The summed E-state index contributed by atoms with van der Waals surface area (Å²) in [5.74, 6) is 5.70. The van der Waals surface area contributed by atoms with E-state index in [1.54, 1.807) is 7.05 Å². The molecule has 0 radical (unpaired) electrons. The molecular formula is C11H12BrF3N6. The fourth-order valence-corrected chi connectivity index (χ4v) is 2.29. The van der Waals surface area contributed by atoms with Crippen molar-refractivity contribution in [1.29, 1.82) is 0 Å². The van der Waals surface area contributed by atoms with E-state index in [0.717, 1.165) is 6.07 Å². The smallest absolute Gasteiger partial charge is 0.271 e. The summed E-state index contributed by atoms with van der Waals surface area (Å²) in [6.45, 7) is 0. The monoisotopic (exact) mass is 364 g/mol. The molecule has 2 aromatic rings. The lowest BCUT2D eigenvalue weighted by Crippen LogP contribution is -2.31. The molecular weight excluding hydrogens is 353 g/mol. The molecule has 1 aromatic carbocycles. The Hall–Kier alpha value is -1.52. The van der Waals surface area contributed by atoms with E-state index < -0.39 is 17.8 Å². The van der Waals surface area contributed by atoms with Crippen LogP contribution in [-0.4, -0.2) is 20.2 Å². The van der Waals surface area contributed by atoms with Crippen molar-refractivity contribution >= 4 is 15.9 Å². The lowest BCUT2D eigenvalue weighted by Gasteiger charge is -2.20. The normalized spacial score (nSPS) is 13.4. The Kier molecular flexibility index (Phi) is 4.59. The number of aromatic nitrogens is 4. The number of aryl methyl sites for hydroxylation is 1. The number of alkyl halides is 3. The minimum Gasteiger partial charge on any atom is -0.271 e. The molecule has 1 heterocycles. The Morgan fingerprint density at radius 1 is 1.43 bits per heavy atom. The molecule has 114 valence electrons. The number of hydrogen-bond donors (Lipinski definition) is 2. The summed E-state index contributed by atoms with van der Waals surface area (Å²) >= 11 is 3.04. The second-order valence-electron chi connectivity index (χ2n) is 4.35. The van der Waals surface area contributed by atoms with Crippen LogP contribution in [0.5, 0.6) is 0 Å². The summed E-state index contributed by atoms with van der Waals surface area (Å²) in [4.78, 5) is 1.23. The average molecular weight is 365 g/mol. The third kappa shape index (κ3) is 3.77. The van der Waals surface area contributed by atoms with Gasteiger partial charge in [-0.3, -0.25) is 11.3 Å². The molecule has 3 N–H and O–H groups in total. The van der Waals surface area contributed by atoms with Gasteiger partial charge in [-0.1, -0.05) is 22.0 Å². The standard InChI is InChI=1S/C11H12BrF3N6/c1-21-19-10(18-20-21)5-9(17-16)7-3-2-6(12)4-8(7)11(13,14)15/h2-4,9,17H,5,16H2,1H3. The second-order valence-corrected chi connectivity index (χ2v) is 5.26. The highest BCUT2D eigenvalue weighted by atomic mass is 79.9. The van der Waals surface area contributed by atoms with E-state index in [0.29, 0.717) is 10.3 Å². The topological polar surface area (TPSA) is 81.7 Å². The number of rotatable bonds is 4. The fraction of sp³-hybridized carbons (Fsp3) is 0.364. The molecule has 0 aliphatic rings. The van der Waals surface area contributed by atoms with E-state index in [2.05, 4.69) is 36.8 Å². The van der Waals surface area contributed by atoms with E-state index in [9.17, 15) is 13.2 Å². The molecule has 0 aliphatic carbocycles. The van der Waals surface area contributed by atoms with Crippen LogP contribution < -0.4 is 11.3 Å². The number of tetrazole rings is 1. The molecule has 10 heteroatoms. The second kappa shape index (κ2) is 6.08. The number of nitrogens with zero attached hydrogens (tertiary/aromatic N) is 4. The largest absolute Gasteiger partial charge is 0.416 e. The van der Waals surface area contributed by atoms with Crippen LogP contribution >= 0.6 is 15.9 Å². The summed E-state index contributed by atoms with van der Waals surface area (Å²) in [5.41, 5.74) is 1.64. The number of nitrogens with one attached hydrogen (secondary N) is 1. The van der Waals surface area contributed by atoms with Crippen molar-refractivity contribution in [3.8, 4) is 0 Å². The molecule has 1 unspecified atom stereocenters. The molecule has 2 rings (SSSR count). The Labute approximate surface area is 126 Å². The summed E-state index contributed by atoms with van der Waals surface area (Å²) < 4.78 is 39.7. The Morgan fingerprint density at radius 2 is 2.14 bits per heavy atom. The maximum absolute atomic E-state index is 13.1. The third-order valence-electron chi connectivity index (χ3n) is 2.83. The van der Waals surface area contributed by atoms with Crippen LogP contribution in [0.1, 0.15) is 23.0 Å². The van der Waals surface area contributed by atoms with Gasteiger partial charge < -0.3 is 0 Å². The third-order valence-corrected chi connectivity index (χ3v) is 3.33. The molecule has 1 aromatic heterocycles. The molecule has 0 saturated heterocycles. The van der Waals surface area contributed by atoms with Crippen LogP contribution in [0.2, 0.25) is 0 Å². The van der Waals surface area contributed by atoms with Gasteiger partial charge in [-0.2, -0.15) is 18.0 Å². The van der Waals surface area contributed by atoms with Gasteiger partial charge in [0.2, 0.25) is 0 Å².